The first-order valence-corrected chi connectivity index (χ1v) is 5.07. The lowest BCUT2D eigenvalue weighted by atomic mass is 10.6. The Kier molecular flexibility index (Phi) is 3.29. The van der Waals surface area contributed by atoms with Gasteiger partial charge in [-0.3, -0.25) is 0 Å². The van der Waals surface area contributed by atoms with E-state index < -0.39 is 0 Å². The molecular weight excluding hydrogens is 194 g/mol. The highest BCUT2D eigenvalue weighted by Crippen LogP contribution is 2.22. The fourth-order valence-corrected chi connectivity index (χ4v) is 1.14. The molecule has 6 nitrogen and oxygen atoms in total. The molecule has 2 rings (SSSR count). The Bertz CT molecular complexity index is 315. The molecule has 0 aliphatic heterocycles. The summed E-state index contributed by atoms with van der Waals surface area (Å²) in [6, 6.07) is 0.543. The van der Waals surface area contributed by atoms with E-state index in [9.17, 15) is 0 Å². The van der Waals surface area contributed by atoms with E-state index in [-0.39, 0.29) is 0 Å². The third-order valence-corrected chi connectivity index (χ3v) is 2.08. The molecule has 6 heteroatoms. The summed E-state index contributed by atoms with van der Waals surface area (Å²) in [5.74, 6) is 1.32. The van der Waals surface area contributed by atoms with Gasteiger partial charge in [-0.15, -0.1) is 5.10 Å². The Labute approximate surface area is 88.5 Å². The summed E-state index contributed by atoms with van der Waals surface area (Å²) in [6.07, 6.45) is 4.00. The van der Waals surface area contributed by atoms with Crippen molar-refractivity contribution in [2.45, 2.75) is 18.9 Å². The quantitative estimate of drug-likeness (QED) is 0.665. The van der Waals surface area contributed by atoms with Gasteiger partial charge in [0.1, 0.15) is 0 Å². The first-order chi connectivity index (χ1) is 7.38. The molecular formula is C9H15N5O. The monoisotopic (exact) mass is 209 g/mol. The number of nitrogens with one attached hydrogen (secondary N) is 2. The summed E-state index contributed by atoms with van der Waals surface area (Å²) in [7, 11) is 1.67. The van der Waals surface area contributed by atoms with Crippen LogP contribution in [-0.2, 0) is 4.74 Å². The normalized spacial score (nSPS) is 15.0. The highest BCUT2D eigenvalue weighted by molar-refractivity contribution is 5.37. The van der Waals surface area contributed by atoms with E-state index in [0.29, 0.717) is 18.6 Å². The van der Waals surface area contributed by atoms with Gasteiger partial charge in [0.15, 0.2) is 5.82 Å². The number of ether oxygens (including phenoxy) is 1. The van der Waals surface area contributed by atoms with Crippen molar-refractivity contribution in [1.82, 2.24) is 15.2 Å². The Morgan fingerprint density at radius 3 is 3.13 bits per heavy atom. The fraction of sp³-hybridized carbons (Fsp3) is 0.667. The van der Waals surface area contributed by atoms with Crippen LogP contribution in [0.25, 0.3) is 0 Å². The third kappa shape index (κ3) is 3.32. The van der Waals surface area contributed by atoms with Crippen molar-refractivity contribution in [2.75, 3.05) is 30.9 Å². The number of aromatic nitrogens is 3. The van der Waals surface area contributed by atoms with E-state index in [1.165, 1.54) is 12.8 Å². The summed E-state index contributed by atoms with van der Waals surface area (Å²) in [4.78, 5) is 4.27. The lowest BCUT2D eigenvalue weighted by molar-refractivity contribution is 0.210. The Morgan fingerprint density at radius 2 is 2.40 bits per heavy atom. The Balaban J connectivity index is 1.86. The molecule has 1 aromatic rings. The van der Waals surface area contributed by atoms with E-state index in [1.54, 1.807) is 13.3 Å². The highest BCUT2D eigenvalue weighted by atomic mass is 16.5. The molecule has 1 fully saturated rings. The molecule has 1 aliphatic rings. The number of hydrogen-bond acceptors (Lipinski definition) is 6. The minimum atomic E-state index is 0.543. The SMILES string of the molecule is COCCNc1cnnc(NC2CC2)n1. The zero-order valence-corrected chi connectivity index (χ0v) is 8.73. The number of nitrogens with zero attached hydrogens (tertiary/aromatic N) is 3. The lowest BCUT2D eigenvalue weighted by Gasteiger charge is -2.05. The van der Waals surface area contributed by atoms with E-state index in [4.69, 9.17) is 4.74 Å². The fourth-order valence-electron chi connectivity index (χ4n) is 1.14. The summed E-state index contributed by atoms with van der Waals surface area (Å²) >= 11 is 0. The zero-order valence-electron chi connectivity index (χ0n) is 8.73. The molecule has 0 amide bonds. The molecule has 0 unspecified atom stereocenters. The Hall–Kier alpha value is -1.43. The highest BCUT2D eigenvalue weighted by Gasteiger charge is 2.21. The van der Waals surface area contributed by atoms with Gasteiger partial charge in [0.2, 0.25) is 5.95 Å². The molecule has 82 valence electrons. The van der Waals surface area contributed by atoms with Crippen LogP contribution in [0.1, 0.15) is 12.8 Å². The predicted octanol–water partition coefficient (Wildman–Crippen LogP) is 0.504. The van der Waals surface area contributed by atoms with E-state index in [2.05, 4.69) is 25.8 Å². The first-order valence-electron chi connectivity index (χ1n) is 5.07. The summed E-state index contributed by atoms with van der Waals surface area (Å²) in [6.45, 7) is 1.37. The van der Waals surface area contributed by atoms with Gasteiger partial charge in [-0.05, 0) is 12.8 Å². The topological polar surface area (TPSA) is 72.0 Å². The molecule has 1 aliphatic carbocycles. The van der Waals surface area contributed by atoms with E-state index >= 15 is 0 Å². The van der Waals surface area contributed by atoms with Crippen LogP contribution in [0, 0.1) is 0 Å². The molecule has 0 atom stereocenters. The number of methoxy groups -OCH3 is 1. The van der Waals surface area contributed by atoms with Gasteiger partial charge < -0.3 is 15.4 Å². The summed E-state index contributed by atoms with van der Waals surface area (Å²) < 4.78 is 4.93. The number of anilines is 2. The molecule has 0 spiro atoms. The van der Waals surface area contributed by atoms with Crippen LogP contribution >= 0.6 is 0 Å². The van der Waals surface area contributed by atoms with Crippen LogP contribution in [0.4, 0.5) is 11.8 Å². The smallest absolute Gasteiger partial charge is 0.244 e. The van der Waals surface area contributed by atoms with Crippen LogP contribution in [0.2, 0.25) is 0 Å². The standard InChI is InChI=1S/C9H15N5O/c1-15-5-4-10-8-6-11-14-9(13-8)12-7-2-3-7/h6-7H,2-5H2,1H3,(H2,10,12,13,14). The second kappa shape index (κ2) is 4.88. The molecule has 0 saturated heterocycles. The van der Waals surface area contributed by atoms with Gasteiger partial charge in [0, 0.05) is 19.7 Å². The van der Waals surface area contributed by atoms with E-state index in [0.717, 1.165) is 12.4 Å². The molecule has 0 aromatic carbocycles. The first kappa shape index (κ1) is 10.1. The maximum Gasteiger partial charge on any atom is 0.244 e. The van der Waals surface area contributed by atoms with Crippen molar-refractivity contribution in [3.63, 3.8) is 0 Å². The van der Waals surface area contributed by atoms with Crippen LogP contribution < -0.4 is 10.6 Å². The molecule has 1 aromatic heterocycles. The van der Waals surface area contributed by atoms with Crippen LogP contribution in [-0.4, -0.2) is 41.5 Å². The van der Waals surface area contributed by atoms with Gasteiger partial charge in [-0.2, -0.15) is 10.1 Å². The van der Waals surface area contributed by atoms with Crippen molar-refractivity contribution >= 4 is 11.8 Å². The number of rotatable bonds is 6. The number of hydrogen-bond donors (Lipinski definition) is 2. The minimum Gasteiger partial charge on any atom is -0.383 e. The molecule has 0 bridgehead atoms. The Morgan fingerprint density at radius 1 is 1.53 bits per heavy atom. The van der Waals surface area contributed by atoms with Gasteiger partial charge in [-0.25, -0.2) is 0 Å². The average molecular weight is 209 g/mol. The van der Waals surface area contributed by atoms with Gasteiger partial charge in [0.25, 0.3) is 0 Å². The van der Waals surface area contributed by atoms with Crippen molar-refractivity contribution in [2.24, 2.45) is 0 Å². The minimum absolute atomic E-state index is 0.543. The molecule has 0 radical (unpaired) electrons. The van der Waals surface area contributed by atoms with Crippen LogP contribution in [0.5, 0.6) is 0 Å². The van der Waals surface area contributed by atoms with Gasteiger partial charge in [-0.1, -0.05) is 0 Å². The second-order valence-corrected chi connectivity index (χ2v) is 3.50. The molecule has 1 heterocycles. The summed E-state index contributed by atoms with van der Waals surface area (Å²) in [5, 5.41) is 14.1. The van der Waals surface area contributed by atoms with Crippen molar-refractivity contribution < 1.29 is 4.74 Å². The average Bonchev–Trinajstić information content (AvgIpc) is 3.03. The van der Waals surface area contributed by atoms with Crippen LogP contribution in [0.3, 0.4) is 0 Å². The summed E-state index contributed by atoms with van der Waals surface area (Å²) in [5.41, 5.74) is 0. The van der Waals surface area contributed by atoms with Gasteiger partial charge >= 0.3 is 0 Å². The molecule has 1 saturated carbocycles. The van der Waals surface area contributed by atoms with Crippen molar-refractivity contribution in [3.05, 3.63) is 6.20 Å². The maximum atomic E-state index is 4.93. The third-order valence-electron chi connectivity index (χ3n) is 2.08. The zero-order chi connectivity index (χ0) is 10.5. The van der Waals surface area contributed by atoms with E-state index in [1.807, 2.05) is 0 Å². The largest absolute Gasteiger partial charge is 0.383 e. The predicted molar refractivity (Wildman–Crippen MR) is 56.8 cm³/mol. The van der Waals surface area contributed by atoms with Crippen molar-refractivity contribution in [3.8, 4) is 0 Å². The second-order valence-electron chi connectivity index (χ2n) is 3.50. The van der Waals surface area contributed by atoms with Crippen LogP contribution in [0.15, 0.2) is 6.20 Å². The van der Waals surface area contributed by atoms with Gasteiger partial charge in [0.05, 0.1) is 12.8 Å². The van der Waals surface area contributed by atoms with Crippen molar-refractivity contribution in [1.29, 1.82) is 0 Å². The maximum absolute atomic E-state index is 4.93. The molecule has 2 N–H and O–H groups in total. The molecule has 15 heavy (non-hydrogen) atoms. The lowest BCUT2D eigenvalue weighted by Crippen LogP contribution is -2.12.